The van der Waals surface area contributed by atoms with Gasteiger partial charge in [-0.2, -0.15) is 0 Å². The van der Waals surface area contributed by atoms with Crippen LogP contribution in [0.2, 0.25) is 0 Å². The van der Waals surface area contributed by atoms with Crippen LogP contribution in [0.5, 0.6) is 0 Å². The normalized spacial score (nSPS) is 10.3. The summed E-state index contributed by atoms with van der Waals surface area (Å²) in [6.45, 7) is 2.14. The highest BCUT2D eigenvalue weighted by atomic mass is 16.4. The number of rotatable bonds is 1. The Bertz CT molecular complexity index is 854. The van der Waals surface area contributed by atoms with Gasteiger partial charge in [0.25, 0.3) is 0 Å². The Morgan fingerprint density at radius 2 is 1.43 bits per heavy atom. The molecule has 0 saturated heterocycles. The average Bonchev–Trinajstić information content (AvgIpc) is 2.51. The Morgan fingerprint density at radius 1 is 0.952 bits per heavy atom. The molecule has 0 aliphatic carbocycles. The maximum Gasteiger partial charge on any atom is 0.382 e. The van der Waals surface area contributed by atoms with Crippen LogP contribution in [0, 0.1) is 11.8 Å². The SMILES string of the molecule is CCc1c2ccccc2c(C#CC(=O)O)c2ccccc12. The second kappa shape index (κ2) is 5.30. The smallest absolute Gasteiger partial charge is 0.382 e. The van der Waals surface area contributed by atoms with Crippen LogP contribution in [0.4, 0.5) is 0 Å². The molecule has 102 valence electrons. The number of carbonyl (C=O) groups is 1. The fraction of sp³-hybridized carbons (Fsp3) is 0.105. The molecule has 21 heavy (non-hydrogen) atoms. The van der Waals surface area contributed by atoms with Crippen molar-refractivity contribution in [2.75, 3.05) is 0 Å². The van der Waals surface area contributed by atoms with E-state index in [0.29, 0.717) is 0 Å². The summed E-state index contributed by atoms with van der Waals surface area (Å²) in [5, 5.41) is 13.2. The minimum Gasteiger partial charge on any atom is -0.472 e. The number of hydrogen-bond acceptors (Lipinski definition) is 1. The van der Waals surface area contributed by atoms with Crippen LogP contribution in [0.3, 0.4) is 0 Å². The molecular formula is C19H14O2. The molecular weight excluding hydrogens is 260 g/mol. The van der Waals surface area contributed by atoms with Gasteiger partial charge in [0.2, 0.25) is 0 Å². The molecule has 0 spiro atoms. The van der Waals surface area contributed by atoms with Gasteiger partial charge >= 0.3 is 5.97 Å². The standard InChI is InChI=1S/C19H14O2/c1-2-13-14-7-3-5-9-16(14)18(11-12-19(20)21)17-10-6-4-8-15(13)17/h3-10H,2H2,1H3,(H,20,21). The van der Waals surface area contributed by atoms with E-state index < -0.39 is 5.97 Å². The van der Waals surface area contributed by atoms with E-state index in [9.17, 15) is 4.79 Å². The van der Waals surface area contributed by atoms with E-state index in [1.807, 2.05) is 36.4 Å². The summed E-state index contributed by atoms with van der Waals surface area (Å²) in [6.07, 6.45) is 0.924. The van der Waals surface area contributed by atoms with Crippen molar-refractivity contribution in [1.29, 1.82) is 0 Å². The summed E-state index contributed by atoms with van der Waals surface area (Å²) in [7, 11) is 0. The lowest BCUT2D eigenvalue weighted by Crippen LogP contribution is -1.93. The number of hydrogen-bond donors (Lipinski definition) is 1. The molecule has 0 atom stereocenters. The number of aliphatic carboxylic acids is 1. The molecule has 0 bridgehead atoms. The number of benzene rings is 3. The van der Waals surface area contributed by atoms with Crippen molar-refractivity contribution in [3.63, 3.8) is 0 Å². The van der Waals surface area contributed by atoms with E-state index in [1.165, 1.54) is 5.56 Å². The van der Waals surface area contributed by atoms with Crippen LogP contribution in [-0.2, 0) is 11.2 Å². The summed E-state index contributed by atoms with van der Waals surface area (Å²) in [5.41, 5.74) is 2.07. The monoisotopic (exact) mass is 274 g/mol. The first-order chi connectivity index (χ1) is 10.2. The molecule has 2 heteroatoms. The van der Waals surface area contributed by atoms with Gasteiger partial charge < -0.3 is 5.11 Å². The summed E-state index contributed by atoms with van der Waals surface area (Å²) in [6, 6.07) is 16.1. The average molecular weight is 274 g/mol. The van der Waals surface area contributed by atoms with Crippen molar-refractivity contribution in [3.05, 3.63) is 59.7 Å². The summed E-state index contributed by atoms with van der Waals surface area (Å²) in [4.78, 5) is 10.8. The lowest BCUT2D eigenvalue weighted by atomic mass is 9.91. The molecule has 0 radical (unpaired) electrons. The molecule has 0 amide bonds. The van der Waals surface area contributed by atoms with Crippen LogP contribution in [0.1, 0.15) is 18.1 Å². The largest absolute Gasteiger partial charge is 0.472 e. The fourth-order valence-corrected chi connectivity index (χ4v) is 2.85. The Hall–Kier alpha value is -2.79. The third-order valence-electron chi connectivity index (χ3n) is 3.69. The Balaban J connectivity index is 2.54. The summed E-state index contributed by atoms with van der Waals surface area (Å²) >= 11 is 0. The highest BCUT2D eigenvalue weighted by Crippen LogP contribution is 2.32. The van der Waals surface area contributed by atoms with Crippen LogP contribution >= 0.6 is 0 Å². The van der Waals surface area contributed by atoms with E-state index in [1.54, 1.807) is 0 Å². The molecule has 3 rings (SSSR count). The van der Waals surface area contributed by atoms with Gasteiger partial charge in [0.05, 0.1) is 0 Å². The van der Waals surface area contributed by atoms with Gasteiger partial charge in [0.15, 0.2) is 0 Å². The zero-order valence-corrected chi connectivity index (χ0v) is 11.7. The Morgan fingerprint density at radius 3 is 1.86 bits per heavy atom. The molecule has 0 aliphatic rings. The molecule has 0 fully saturated rings. The minimum atomic E-state index is -1.11. The number of carboxylic acid groups (broad SMARTS) is 1. The van der Waals surface area contributed by atoms with Gasteiger partial charge in [-0.25, -0.2) is 4.79 Å². The van der Waals surface area contributed by atoms with Gasteiger partial charge in [0, 0.05) is 11.5 Å². The molecule has 0 saturated carbocycles. The molecule has 0 aliphatic heterocycles. The molecule has 0 unspecified atom stereocenters. The second-order valence-corrected chi connectivity index (χ2v) is 4.85. The van der Waals surface area contributed by atoms with E-state index in [0.717, 1.165) is 33.5 Å². The lowest BCUT2D eigenvalue weighted by Gasteiger charge is -2.12. The Kier molecular flexibility index (Phi) is 3.33. The lowest BCUT2D eigenvalue weighted by molar-refractivity contribution is -0.130. The first kappa shape index (κ1) is 13.2. The molecule has 0 aromatic heterocycles. The van der Waals surface area contributed by atoms with Crippen LogP contribution < -0.4 is 0 Å². The van der Waals surface area contributed by atoms with Crippen molar-refractivity contribution in [2.24, 2.45) is 0 Å². The van der Waals surface area contributed by atoms with Crippen molar-refractivity contribution in [3.8, 4) is 11.8 Å². The molecule has 3 aromatic rings. The van der Waals surface area contributed by atoms with E-state index >= 15 is 0 Å². The minimum absolute atomic E-state index is 0.792. The third kappa shape index (κ3) is 2.23. The van der Waals surface area contributed by atoms with Gasteiger partial charge in [-0.1, -0.05) is 61.4 Å². The maximum atomic E-state index is 10.8. The highest BCUT2D eigenvalue weighted by Gasteiger charge is 2.10. The first-order valence-electron chi connectivity index (χ1n) is 6.89. The van der Waals surface area contributed by atoms with E-state index in [4.69, 9.17) is 5.11 Å². The quantitative estimate of drug-likeness (QED) is 0.538. The van der Waals surface area contributed by atoms with Crippen molar-refractivity contribution < 1.29 is 9.90 Å². The molecule has 3 aromatic carbocycles. The summed E-state index contributed by atoms with van der Waals surface area (Å²) in [5.74, 6) is 3.97. The molecule has 0 heterocycles. The van der Waals surface area contributed by atoms with Crippen LogP contribution in [-0.4, -0.2) is 11.1 Å². The van der Waals surface area contributed by atoms with Crippen molar-refractivity contribution >= 4 is 27.5 Å². The van der Waals surface area contributed by atoms with Crippen LogP contribution in [0.15, 0.2) is 48.5 Å². The maximum absolute atomic E-state index is 10.8. The zero-order chi connectivity index (χ0) is 14.8. The van der Waals surface area contributed by atoms with E-state index in [-0.39, 0.29) is 0 Å². The second-order valence-electron chi connectivity index (χ2n) is 4.85. The number of carboxylic acids is 1. The topological polar surface area (TPSA) is 37.3 Å². The summed E-state index contributed by atoms with van der Waals surface area (Å²) < 4.78 is 0. The van der Waals surface area contributed by atoms with Crippen LogP contribution in [0.25, 0.3) is 21.5 Å². The molecule has 2 nitrogen and oxygen atoms in total. The van der Waals surface area contributed by atoms with Gasteiger partial charge in [0.1, 0.15) is 0 Å². The predicted octanol–water partition coefficient (Wildman–Crippen LogP) is 3.99. The van der Waals surface area contributed by atoms with Gasteiger partial charge in [-0.05, 0) is 33.5 Å². The zero-order valence-electron chi connectivity index (χ0n) is 11.7. The van der Waals surface area contributed by atoms with Crippen molar-refractivity contribution in [2.45, 2.75) is 13.3 Å². The van der Waals surface area contributed by atoms with E-state index in [2.05, 4.69) is 30.9 Å². The van der Waals surface area contributed by atoms with Gasteiger partial charge in [-0.15, -0.1) is 0 Å². The number of fused-ring (bicyclic) bond motifs is 2. The number of aryl methyl sites for hydroxylation is 1. The van der Waals surface area contributed by atoms with Gasteiger partial charge in [-0.3, -0.25) is 0 Å². The van der Waals surface area contributed by atoms with Crippen molar-refractivity contribution in [1.82, 2.24) is 0 Å². The predicted molar refractivity (Wildman–Crippen MR) is 85.3 cm³/mol. The molecule has 1 N–H and O–H groups in total. The first-order valence-corrected chi connectivity index (χ1v) is 6.89. The Labute approximate surface area is 123 Å². The third-order valence-corrected chi connectivity index (χ3v) is 3.69. The highest BCUT2D eigenvalue weighted by molar-refractivity contribution is 6.08. The fourth-order valence-electron chi connectivity index (χ4n) is 2.85.